The molecule has 20 heavy (non-hydrogen) atoms. The van der Waals surface area contributed by atoms with E-state index in [1.807, 2.05) is 35.8 Å². The van der Waals surface area contributed by atoms with Gasteiger partial charge in [-0.2, -0.15) is 0 Å². The number of fused-ring (bicyclic) bond motifs is 1. The number of benzene rings is 1. The van der Waals surface area contributed by atoms with Crippen LogP contribution in [0.1, 0.15) is 17.2 Å². The Kier molecular flexibility index (Phi) is 3.67. The lowest BCUT2D eigenvalue weighted by Gasteiger charge is -2.14. The van der Waals surface area contributed by atoms with Crippen LogP contribution in [-0.4, -0.2) is 12.1 Å². The second kappa shape index (κ2) is 5.61. The Bertz CT molecular complexity index is 723. The van der Waals surface area contributed by atoms with E-state index in [2.05, 4.69) is 17.1 Å². The third kappa shape index (κ3) is 2.53. The largest absolute Gasteiger partial charge is 0.496 e. The molecule has 0 aliphatic carbocycles. The van der Waals surface area contributed by atoms with Crippen LogP contribution in [0.2, 0.25) is 0 Å². The van der Waals surface area contributed by atoms with Gasteiger partial charge in [0.2, 0.25) is 0 Å². The van der Waals surface area contributed by atoms with Gasteiger partial charge in [-0.3, -0.25) is 4.98 Å². The minimum absolute atomic E-state index is 0.0784. The van der Waals surface area contributed by atoms with Crippen molar-refractivity contribution in [3.05, 3.63) is 59.1 Å². The fraction of sp³-hybridized carbons (Fsp3) is 0.188. The van der Waals surface area contributed by atoms with Gasteiger partial charge in [0.15, 0.2) is 0 Å². The Labute approximate surface area is 122 Å². The van der Waals surface area contributed by atoms with Crippen molar-refractivity contribution >= 4 is 21.6 Å². The molecule has 0 saturated carbocycles. The van der Waals surface area contributed by atoms with E-state index in [0.717, 1.165) is 28.8 Å². The van der Waals surface area contributed by atoms with E-state index in [4.69, 9.17) is 10.5 Å². The molecule has 0 saturated heterocycles. The molecule has 3 aromatic rings. The summed E-state index contributed by atoms with van der Waals surface area (Å²) in [6, 6.07) is 12.1. The average molecular weight is 284 g/mol. The Morgan fingerprint density at radius 3 is 3.00 bits per heavy atom. The monoisotopic (exact) mass is 284 g/mol. The third-order valence-electron chi connectivity index (χ3n) is 3.38. The summed E-state index contributed by atoms with van der Waals surface area (Å²) in [5.41, 5.74) is 9.53. The predicted molar refractivity (Wildman–Crippen MR) is 83.2 cm³/mol. The van der Waals surface area contributed by atoms with Crippen molar-refractivity contribution in [2.45, 2.75) is 12.5 Å². The predicted octanol–water partition coefficient (Wildman–Crippen LogP) is 3.55. The molecule has 0 aliphatic heterocycles. The van der Waals surface area contributed by atoms with Crippen molar-refractivity contribution in [3.8, 4) is 5.75 Å². The number of hydrogen-bond acceptors (Lipinski definition) is 4. The Morgan fingerprint density at radius 2 is 2.15 bits per heavy atom. The maximum Gasteiger partial charge on any atom is 0.122 e. The third-order valence-corrected chi connectivity index (χ3v) is 4.24. The van der Waals surface area contributed by atoms with Crippen LogP contribution in [0.15, 0.2) is 48.0 Å². The molecule has 3 nitrogen and oxygen atoms in total. The molecule has 0 aliphatic rings. The van der Waals surface area contributed by atoms with E-state index in [9.17, 15) is 0 Å². The molecule has 0 bridgehead atoms. The molecular formula is C16H16N2OS. The lowest BCUT2D eigenvalue weighted by molar-refractivity contribution is 0.408. The second-order valence-electron chi connectivity index (χ2n) is 4.70. The van der Waals surface area contributed by atoms with Gasteiger partial charge in [0.05, 0.1) is 17.3 Å². The topological polar surface area (TPSA) is 48.1 Å². The minimum atomic E-state index is -0.0784. The van der Waals surface area contributed by atoms with Crippen molar-refractivity contribution in [3.63, 3.8) is 0 Å². The van der Waals surface area contributed by atoms with E-state index in [-0.39, 0.29) is 6.04 Å². The van der Waals surface area contributed by atoms with E-state index in [0.29, 0.717) is 0 Å². The summed E-state index contributed by atoms with van der Waals surface area (Å²) in [4.78, 5) is 4.45. The second-order valence-corrected chi connectivity index (χ2v) is 5.64. The quantitative estimate of drug-likeness (QED) is 0.797. The van der Waals surface area contributed by atoms with Crippen LogP contribution in [-0.2, 0) is 6.42 Å². The molecule has 102 valence electrons. The van der Waals surface area contributed by atoms with Crippen LogP contribution in [0.5, 0.6) is 5.75 Å². The molecular weight excluding hydrogens is 268 g/mol. The zero-order valence-corrected chi connectivity index (χ0v) is 12.1. The highest BCUT2D eigenvalue weighted by molar-refractivity contribution is 7.17. The number of methoxy groups -OCH3 is 1. The highest BCUT2D eigenvalue weighted by Crippen LogP contribution is 2.26. The first-order chi connectivity index (χ1) is 9.78. The number of hydrogen-bond donors (Lipinski definition) is 1. The summed E-state index contributed by atoms with van der Waals surface area (Å²) in [5.74, 6) is 0.883. The lowest BCUT2D eigenvalue weighted by atomic mass is 10.0. The Morgan fingerprint density at radius 1 is 1.30 bits per heavy atom. The van der Waals surface area contributed by atoms with Crippen LogP contribution in [0, 0.1) is 0 Å². The molecule has 1 aromatic carbocycles. The zero-order valence-electron chi connectivity index (χ0n) is 11.2. The van der Waals surface area contributed by atoms with Crippen molar-refractivity contribution in [1.29, 1.82) is 0 Å². The highest BCUT2D eigenvalue weighted by atomic mass is 32.1. The highest BCUT2D eigenvalue weighted by Gasteiger charge is 2.11. The molecule has 0 fully saturated rings. The van der Waals surface area contributed by atoms with Crippen molar-refractivity contribution in [2.75, 3.05) is 7.11 Å². The standard InChI is InChI=1S/C16H16N2OS/c1-19-15-5-3-2-4-11(15)8-13(17)12-9-16-14(18-10-12)6-7-20-16/h2-7,9-10,13H,8,17H2,1H3. The molecule has 2 N–H and O–H groups in total. The number of aromatic nitrogens is 1. The molecule has 2 aromatic heterocycles. The number of para-hydroxylation sites is 1. The summed E-state index contributed by atoms with van der Waals surface area (Å²) in [6.45, 7) is 0. The van der Waals surface area contributed by atoms with Crippen molar-refractivity contribution in [2.24, 2.45) is 5.73 Å². The number of ether oxygens (including phenoxy) is 1. The molecule has 0 spiro atoms. The number of nitrogens with two attached hydrogens (primary N) is 1. The summed E-state index contributed by atoms with van der Waals surface area (Å²) >= 11 is 1.69. The smallest absolute Gasteiger partial charge is 0.122 e. The minimum Gasteiger partial charge on any atom is -0.496 e. The summed E-state index contributed by atoms with van der Waals surface area (Å²) < 4.78 is 6.55. The van der Waals surface area contributed by atoms with Crippen LogP contribution in [0.25, 0.3) is 10.2 Å². The van der Waals surface area contributed by atoms with Crippen molar-refractivity contribution < 1.29 is 4.74 Å². The first kappa shape index (κ1) is 13.1. The number of rotatable bonds is 4. The zero-order chi connectivity index (χ0) is 13.9. The van der Waals surface area contributed by atoms with Gasteiger partial charge in [0, 0.05) is 12.2 Å². The molecule has 0 amide bonds. The fourth-order valence-corrected chi connectivity index (χ4v) is 3.08. The van der Waals surface area contributed by atoms with Crippen LogP contribution in [0.3, 0.4) is 0 Å². The van der Waals surface area contributed by atoms with Gasteiger partial charge in [0.25, 0.3) is 0 Å². The molecule has 1 atom stereocenters. The molecule has 3 rings (SSSR count). The van der Waals surface area contributed by atoms with E-state index in [1.165, 1.54) is 4.70 Å². The fourth-order valence-electron chi connectivity index (χ4n) is 2.29. The maximum atomic E-state index is 6.32. The summed E-state index contributed by atoms with van der Waals surface area (Å²) in [7, 11) is 1.68. The summed E-state index contributed by atoms with van der Waals surface area (Å²) in [6.07, 6.45) is 2.61. The number of thiophene rings is 1. The van der Waals surface area contributed by atoms with E-state index in [1.54, 1.807) is 18.4 Å². The molecule has 1 unspecified atom stereocenters. The first-order valence-electron chi connectivity index (χ1n) is 6.48. The molecule has 0 radical (unpaired) electrons. The van der Waals surface area contributed by atoms with Crippen molar-refractivity contribution in [1.82, 2.24) is 4.98 Å². The van der Waals surface area contributed by atoms with Gasteiger partial charge in [-0.25, -0.2) is 0 Å². The normalized spacial score (nSPS) is 12.5. The lowest BCUT2D eigenvalue weighted by Crippen LogP contribution is -2.14. The van der Waals surface area contributed by atoms with Gasteiger partial charge in [-0.1, -0.05) is 18.2 Å². The van der Waals surface area contributed by atoms with Gasteiger partial charge in [-0.15, -0.1) is 11.3 Å². The summed E-state index contributed by atoms with van der Waals surface area (Å²) in [5, 5.41) is 2.05. The van der Waals surface area contributed by atoms with Gasteiger partial charge in [-0.05, 0) is 41.1 Å². The SMILES string of the molecule is COc1ccccc1CC(N)c1cnc2ccsc2c1. The van der Waals surface area contributed by atoms with Gasteiger partial charge < -0.3 is 10.5 Å². The Hall–Kier alpha value is -1.91. The Balaban J connectivity index is 1.86. The van der Waals surface area contributed by atoms with Crippen LogP contribution >= 0.6 is 11.3 Å². The van der Waals surface area contributed by atoms with Crippen LogP contribution in [0.4, 0.5) is 0 Å². The van der Waals surface area contributed by atoms with Crippen LogP contribution < -0.4 is 10.5 Å². The number of nitrogens with zero attached hydrogens (tertiary/aromatic N) is 1. The van der Waals surface area contributed by atoms with Gasteiger partial charge >= 0.3 is 0 Å². The number of pyridine rings is 1. The molecule has 2 heterocycles. The first-order valence-corrected chi connectivity index (χ1v) is 7.36. The van der Waals surface area contributed by atoms with E-state index >= 15 is 0 Å². The van der Waals surface area contributed by atoms with Gasteiger partial charge in [0.1, 0.15) is 5.75 Å². The van der Waals surface area contributed by atoms with E-state index < -0.39 is 0 Å². The maximum absolute atomic E-state index is 6.32. The molecule has 4 heteroatoms. The average Bonchev–Trinajstić information content (AvgIpc) is 2.95.